The number of carbonyl (C=O) groups excluding carboxylic acids is 1. The first-order valence-corrected chi connectivity index (χ1v) is 7.12. The SMILES string of the molecule is O=C(Nc1cccc(Cl)n1)c1cc(Br)cn1C1CC1. The lowest BCUT2D eigenvalue weighted by atomic mass is 10.3. The molecule has 0 bridgehead atoms. The third kappa shape index (κ3) is 2.82. The van der Waals surface area contributed by atoms with Gasteiger partial charge in [-0.3, -0.25) is 4.79 Å². The molecule has 19 heavy (non-hydrogen) atoms. The van der Waals surface area contributed by atoms with E-state index in [9.17, 15) is 4.79 Å². The first kappa shape index (κ1) is 12.7. The van der Waals surface area contributed by atoms with E-state index in [1.54, 1.807) is 18.2 Å². The van der Waals surface area contributed by atoms with Crippen molar-refractivity contribution >= 4 is 39.3 Å². The number of hydrogen-bond donors (Lipinski definition) is 1. The van der Waals surface area contributed by atoms with Crippen molar-refractivity contribution in [2.75, 3.05) is 5.32 Å². The molecule has 3 rings (SSSR count). The van der Waals surface area contributed by atoms with Crippen molar-refractivity contribution in [3.8, 4) is 0 Å². The van der Waals surface area contributed by atoms with Gasteiger partial charge >= 0.3 is 0 Å². The summed E-state index contributed by atoms with van der Waals surface area (Å²) in [5, 5.41) is 3.12. The van der Waals surface area contributed by atoms with Crippen molar-refractivity contribution in [3.05, 3.63) is 45.8 Å². The van der Waals surface area contributed by atoms with Gasteiger partial charge in [0, 0.05) is 16.7 Å². The van der Waals surface area contributed by atoms with Crippen LogP contribution in [0.5, 0.6) is 0 Å². The monoisotopic (exact) mass is 339 g/mol. The number of aromatic nitrogens is 2. The summed E-state index contributed by atoms with van der Waals surface area (Å²) in [4.78, 5) is 16.3. The van der Waals surface area contributed by atoms with Crippen molar-refractivity contribution in [2.24, 2.45) is 0 Å². The summed E-state index contributed by atoms with van der Waals surface area (Å²) in [6.07, 6.45) is 4.19. The highest BCUT2D eigenvalue weighted by Gasteiger charge is 2.27. The predicted octanol–water partition coefficient (Wildman–Crippen LogP) is 3.89. The molecular formula is C13H11BrClN3O. The Morgan fingerprint density at radius 2 is 2.26 bits per heavy atom. The Labute approximate surface area is 123 Å². The number of nitrogens with one attached hydrogen (secondary N) is 1. The maximum Gasteiger partial charge on any atom is 0.273 e. The molecule has 2 aromatic heterocycles. The van der Waals surface area contributed by atoms with E-state index in [2.05, 4.69) is 26.2 Å². The largest absolute Gasteiger partial charge is 0.339 e. The molecule has 6 heteroatoms. The number of pyridine rings is 1. The first-order valence-electron chi connectivity index (χ1n) is 5.95. The number of anilines is 1. The lowest BCUT2D eigenvalue weighted by molar-refractivity contribution is 0.101. The molecule has 0 radical (unpaired) electrons. The van der Waals surface area contributed by atoms with Gasteiger partial charge in [0.2, 0.25) is 0 Å². The predicted molar refractivity (Wildman–Crippen MR) is 77.6 cm³/mol. The second-order valence-electron chi connectivity index (χ2n) is 4.48. The molecule has 1 aliphatic rings. The maximum atomic E-state index is 12.3. The molecule has 1 N–H and O–H groups in total. The fourth-order valence-electron chi connectivity index (χ4n) is 1.94. The van der Waals surface area contributed by atoms with Gasteiger partial charge in [-0.1, -0.05) is 17.7 Å². The Balaban J connectivity index is 1.84. The Hall–Kier alpha value is -1.33. The Bertz CT molecular complexity index is 637. The molecule has 98 valence electrons. The molecule has 4 nitrogen and oxygen atoms in total. The van der Waals surface area contributed by atoms with E-state index in [0.717, 1.165) is 17.3 Å². The number of halogens is 2. The summed E-state index contributed by atoms with van der Waals surface area (Å²) in [5.41, 5.74) is 0.635. The minimum Gasteiger partial charge on any atom is -0.339 e. The summed E-state index contributed by atoms with van der Waals surface area (Å²) in [6, 6.07) is 7.39. The number of rotatable bonds is 3. The van der Waals surface area contributed by atoms with Crippen molar-refractivity contribution in [1.29, 1.82) is 0 Å². The average molecular weight is 341 g/mol. The lowest BCUT2D eigenvalue weighted by Gasteiger charge is -2.08. The van der Waals surface area contributed by atoms with Crippen LogP contribution < -0.4 is 5.32 Å². The highest BCUT2D eigenvalue weighted by atomic mass is 79.9. The van der Waals surface area contributed by atoms with Crippen LogP contribution in [0.4, 0.5) is 5.82 Å². The number of carbonyl (C=O) groups is 1. The van der Waals surface area contributed by atoms with Gasteiger partial charge < -0.3 is 9.88 Å². The molecular weight excluding hydrogens is 330 g/mol. The molecule has 2 aromatic rings. The van der Waals surface area contributed by atoms with Gasteiger partial charge in [-0.2, -0.15) is 0 Å². The van der Waals surface area contributed by atoms with Crippen LogP contribution in [0.1, 0.15) is 29.4 Å². The van der Waals surface area contributed by atoms with Crippen LogP contribution in [-0.2, 0) is 0 Å². The summed E-state index contributed by atoms with van der Waals surface area (Å²) in [7, 11) is 0. The molecule has 1 amide bonds. The van der Waals surface area contributed by atoms with Gasteiger partial charge in [0.15, 0.2) is 0 Å². The van der Waals surface area contributed by atoms with Crippen molar-refractivity contribution in [3.63, 3.8) is 0 Å². The minimum absolute atomic E-state index is 0.174. The van der Waals surface area contributed by atoms with Crippen LogP contribution in [0.3, 0.4) is 0 Å². The standard InChI is InChI=1S/C13H11BrClN3O/c14-8-6-10(18(7-8)9-4-5-9)13(19)17-12-3-1-2-11(15)16-12/h1-3,6-7,9H,4-5H2,(H,16,17,19). The van der Waals surface area contributed by atoms with E-state index in [4.69, 9.17) is 11.6 Å². The Morgan fingerprint density at radius 3 is 2.95 bits per heavy atom. The summed E-state index contributed by atoms with van der Waals surface area (Å²) < 4.78 is 2.91. The minimum atomic E-state index is -0.174. The van der Waals surface area contributed by atoms with Crippen LogP contribution in [0, 0.1) is 0 Å². The molecule has 1 saturated carbocycles. The van der Waals surface area contributed by atoms with Crippen molar-refractivity contribution in [2.45, 2.75) is 18.9 Å². The zero-order chi connectivity index (χ0) is 13.4. The van der Waals surface area contributed by atoms with E-state index in [1.165, 1.54) is 0 Å². The fraction of sp³-hybridized carbons (Fsp3) is 0.231. The fourth-order valence-corrected chi connectivity index (χ4v) is 2.54. The third-order valence-corrected chi connectivity index (χ3v) is 3.59. The number of amides is 1. The first-order chi connectivity index (χ1) is 9.13. The zero-order valence-corrected chi connectivity index (χ0v) is 12.3. The summed E-state index contributed by atoms with van der Waals surface area (Å²) in [5.74, 6) is 0.282. The van der Waals surface area contributed by atoms with Crippen LogP contribution in [0.15, 0.2) is 34.9 Å². The summed E-state index contributed by atoms with van der Waals surface area (Å²) >= 11 is 9.20. The van der Waals surface area contributed by atoms with Crippen molar-refractivity contribution in [1.82, 2.24) is 9.55 Å². The zero-order valence-electron chi connectivity index (χ0n) is 9.94. The number of nitrogens with zero attached hydrogens (tertiary/aromatic N) is 2. The smallest absolute Gasteiger partial charge is 0.273 e. The number of hydrogen-bond acceptors (Lipinski definition) is 2. The van der Waals surface area contributed by atoms with Crippen molar-refractivity contribution < 1.29 is 4.79 Å². The van der Waals surface area contributed by atoms with E-state index in [-0.39, 0.29) is 5.91 Å². The average Bonchev–Trinajstić information content (AvgIpc) is 3.12. The van der Waals surface area contributed by atoms with Gasteiger partial charge in [-0.05, 0) is 47.0 Å². The molecule has 0 atom stereocenters. The van der Waals surface area contributed by atoms with Crippen LogP contribution in [0.2, 0.25) is 5.15 Å². The molecule has 0 aromatic carbocycles. The Morgan fingerprint density at radius 1 is 1.47 bits per heavy atom. The van der Waals surface area contributed by atoms with Gasteiger partial charge in [0.05, 0.1) is 0 Å². The van der Waals surface area contributed by atoms with Gasteiger partial charge in [0.25, 0.3) is 5.91 Å². The molecule has 0 saturated heterocycles. The molecule has 1 aliphatic carbocycles. The molecule has 1 fully saturated rings. The second kappa shape index (κ2) is 4.98. The molecule has 0 unspecified atom stereocenters. The van der Waals surface area contributed by atoms with E-state index in [0.29, 0.717) is 22.7 Å². The van der Waals surface area contributed by atoms with Gasteiger partial charge in [0.1, 0.15) is 16.7 Å². The topological polar surface area (TPSA) is 46.9 Å². The lowest BCUT2D eigenvalue weighted by Crippen LogP contribution is -2.17. The third-order valence-electron chi connectivity index (χ3n) is 2.94. The van der Waals surface area contributed by atoms with E-state index < -0.39 is 0 Å². The van der Waals surface area contributed by atoms with E-state index in [1.807, 2.05) is 16.8 Å². The van der Waals surface area contributed by atoms with Gasteiger partial charge in [-0.25, -0.2) is 4.98 Å². The van der Waals surface area contributed by atoms with Gasteiger partial charge in [-0.15, -0.1) is 0 Å². The van der Waals surface area contributed by atoms with Crippen LogP contribution >= 0.6 is 27.5 Å². The van der Waals surface area contributed by atoms with Crippen LogP contribution in [-0.4, -0.2) is 15.5 Å². The highest BCUT2D eigenvalue weighted by molar-refractivity contribution is 9.10. The quantitative estimate of drug-likeness (QED) is 0.862. The second-order valence-corrected chi connectivity index (χ2v) is 5.78. The maximum absolute atomic E-state index is 12.3. The van der Waals surface area contributed by atoms with Crippen LogP contribution in [0.25, 0.3) is 0 Å². The summed E-state index contributed by atoms with van der Waals surface area (Å²) in [6.45, 7) is 0. The molecule has 2 heterocycles. The highest BCUT2D eigenvalue weighted by Crippen LogP contribution is 2.37. The van der Waals surface area contributed by atoms with E-state index >= 15 is 0 Å². The normalized spacial score (nSPS) is 14.4. The molecule has 0 aliphatic heterocycles. The Kier molecular flexibility index (Phi) is 3.33. The molecule has 0 spiro atoms.